The Hall–Kier alpha value is -2.24. The first-order chi connectivity index (χ1) is 7.65. The topological polar surface area (TPSA) is 70.6 Å². The quantitative estimate of drug-likeness (QED) is 0.769. The molecule has 2 N–H and O–H groups in total. The number of hydrogen-bond donors (Lipinski definition) is 2. The second-order valence-corrected chi connectivity index (χ2v) is 3.23. The normalized spacial score (nSPS) is 14.3. The van der Waals surface area contributed by atoms with Gasteiger partial charge in [0.05, 0.1) is 6.42 Å². The lowest BCUT2D eigenvalue weighted by Gasteiger charge is -2.03. The summed E-state index contributed by atoms with van der Waals surface area (Å²) in [6.07, 6.45) is -0.0347. The lowest BCUT2D eigenvalue weighted by Crippen LogP contribution is -2.22. The number of nitrogens with one attached hydrogen (secondary N) is 2. The molecule has 1 aliphatic heterocycles. The molecule has 6 heteroatoms. The van der Waals surface area contributed by atoms with Gasteiger partial charge in [0.2, 0.25) is 5.91 Å². The zero-order valence-electron chi connectivity index (χ0n) is 8.16. The molecule has 1 aliphatic rings. The molecule has 0 saturated heterocycles. The molecule has 0 fully saturated rings. The summed E-state index contributed by atoms with van der Waals surface area (Å²) in [5.41, 5.74) is 2.75. The van der Waals surface area contributed by atoms with Crippen molar-refractivity contribution in [1.29, 1.82) is 0 Å². The number of halogens is 1. The fraction of sp³-hybridized carbons (Fsp3) is 0.100. The molecule has 1 aromatic carbocycles. The van der Waals surface area contributed by atoms with Crippen LogP contribution in [-0.4, -0.2) is 17.5 Å². The van der Waals surface area contributed by atoms with Gasteiger partial charge in [-0.25, -0.2) is 9.82 Å². The minimum atomic E-state index is -0.468. The monoisotopic (exact) mass is 221 g/mol. The third-order valence-electron chi connectivity index (χ3n) is 2.01. The molecule has 0 aromatic heterocycles. The molecule has 5 nitrogen and oxygen atoms in total. The van der Waals surface area contributed by atoms with Gasteiger partial charge in [-0.2, -0.15) is 5.10 Å². The summed E-state index contributed by atoms with van der Waals surface area (Å²) in [4.78, 5) is 22.3. The van der Waals surface area contributed by atoms with E-state index in [2.05, 4.69) is 15.8 Å². The molecule has 0 atom stereocenters. The van der Waals surface area contributed by atoms with Gasteiger partial charge >= 0.3 is 0 Å². The summed E-state index contributed by atoms with van der Waals surface area (Å²) in [7, 11) is 0. The second kappa shape index (κ2) is 4.09. The lowest BCUT2D eigenvalue weighted by atomic mass is 10.2. The highest BCUT2D eigenvalue weighted by molar-refractivity contribution is 6.46. The Labute approximate surface area is 90.3 Å². The van der Waals surface area contributed by atoms with E-state index in [-0.39, 0.29) is 23.9 Å². The van der Waals surface area contributed by atoms with Gasteiger partial charge < -0.3 is 5.32 Å². The van der Waals surface area contributed by atoms with Gasteiger partial charge in [-0.15, -0.1) is 0 Å². The molecule has 2 rings (SSSR count). The molecule has 16 heavy (non-hydrogen) atoms. The van der Waals surface area contributed by atoms with Gasteiger partial charge in [-0.05, 0) is 24.3 Å². The summed E-state index contributed by atoms with van der Waals surface area (Å²) < 4.78 is 12.6. The van der Waals surface area contributed by atoms with E-state index in [0.717, 1.165) is 0 Å². The molecule has 0 spiro atoms. The van der Waals surface area contributed by atoms with Crippen LogP contribution in [0.4, 0.5) is 10.1 Å². The van der Waals surface area contributed by atoms with Gasteiger partial charge in [-0.3, -0.25) is 9.59 Å². The minimum absolute atomic E-state index is 0.0347. The fourth-order valence-electron chi connectivity index (χ4n) is 1.23. The maximum atomic E-state index is 12.6. The zero-order chi connectivity index (χ0) is 11.5. The third kappa shape index (κ3) is 2.22. The Kier molecular flexibility index (Phi) is 2.63. The molecule has 0 bridgehead atoms. The van der Waals surface area contributed by atoms with Crippen molar-refractivity contribution in [2.24, 2.45) is 5.10 Å². The number of carbonyl (C=O) groups excluding carboxylic acids is 2. The summed E-state index contributed by atoms with van der Waals surface area (Å²) in [5, 5.41) is 6.06. The molecule has 0 saturated carbocycles. The van der Waals surface area contributed by atoms with Crippen LogP contribution in [0.3, 0.4) is 0 Å². The highest BCUT2D eigenvalue weighted by atomic mass is 19.1. The number of carbonyl (C=O) groups is 2. The number of benzene rings is 1. The number of hydrazone groups is 1. The van der Waals surface area contributed by atoms with E-state index in [0.29, 0.717) is 5.69 Å². The lowest BCUT2D eigenvalue weighted by molar-refractivity contribution is -0.119. The Morgan fingerprint density at radius 3 is 2.62 bits per heavy atom. The molecule has 0 unspecified atom stereocenters. The molecule has 2 amide bonds. The maximum absolute atomic E-state index is 12.6. The first kappa shape index (κ1) is 10.3. The van der Waals surface area contributed by atoms with E-state index >= 15 is 0 Å². The molecule has 0 radical (unpaired) electrons. The number of amides is 2. The van der Waals surface area contributed by atoms with Crippen LogP contribution in [0.25, 0.3) is 0 Å². The smallest absolute Gasteiger partial charge is 0.272 e. The van der Waals surface area contributed by atoms with Crippen LogP contribution in [0.1, 0.15) is 6.42 Å². The zero-order valence-corrected chi connectivity index (χ0v) is 8.16. The van der Waals surface area contributed by atoms with Crippen LogP contribution in [0.2, 0.25) is 0 Å². The Balaban J connectivity index is 2.02. The Bertz CT molecular complexity index is 467. The average molecular weight is 221 g/mol. The Morgan fingerprint density at radius 2 is 2.06 bits per heavy atom. The largest absolute Gasteiger partial charge is 0.321 e. The molecular weight excluding hydrogens is 213 g/mol. The summed E-state index contributed by atoms with van der Waals surface area (Å²) >= 11 is 0. The highest BCUT2D eigenvalue weighted by Gasteiger charge is 2.21. The molecule has 82 valence electrons. The van der Waals surface area contributed by atoms with Gasteiger partial charge in [0.25, 0.3) is 5.91 Å². The van der Waals surface area contributed by atoms with Crippen LogP contribution in [-0.2, 0) is 9.59 Å². The van der Waals surface area contributed by atoms with Crippen molar-refractivity contribution in [2.75, 3.05) is 5.32 Å². The van der Waals surface area contributed by atoms with Crippen molar-refractivity contribution < 1.29 is 14.0 Å². The number of anilines is 1. The second-order valence-electron chi connectivity index (χ2n) is 3.23. The van der Waals surface area contributed by atoms with E-state index in [4.69, 9.17) is 0 Å². The van der Waals surface area contributed by atoms with Gasteiger partial charge in [0.15, 0.2) is 0 Å². The first-order valence-corrected chi connectivity index (χ1v) is 4.57. The van der Waals surface area contributed by atoms with Crippen molar-refractivity contribution in [2.45, 2.75) is 6.42 Å². The van der Waals surface area contributed by atoms with E-state index < -0.39 is 5.91 Å². The molecule has 1 heterocycles. The summed E-state index contributed by atoms with van der Waals surface area (Å²) in [6.45, 7) is 0. The van der Waals surface area contributed by atoms with E-state index in [1.807, 2.05) is 0 Å². The van der Waals surface area contributed by atoms with Gasteiger partial charge in [0.1, 0.15) is 11.5 Å². The van der Waals surface area contributed by atoms with Crippen molar-refractivity contribution in [3.8, 4) is 0 Å². The molecular formula is C10H8FN3O2. The van der Waals surface area contributed by atoms with E-state index in [1.54, 1.807) is 0 Å². The standard InChI is InChI=1S/C10H8FN3O2/c11-6-1-3-7(4-2-6)12-10(16)8-5-9(15)14-13-8/h1-4H,5H2,(H,12,16)(H,14,15). The number of nitrogens with zero attached hydrogens (tertiary/aromatic N) is 1. The predicted octanol–water partition coefficient (Wildman–Crippen LogP) is 0.640. The third-order valence-corrected chi connectivity index (χ3v) is 2.01. The van der Waals surface area contributed by atoms with Crippen molar-refractivity contribution in [3.63, 3.8) is 0 Å². The van der Waals surface area contributed by atoms with Crippen LogP contribution < -0.4 is 10.7 Å². The summed E-state index contributed by atoms with van der Waals surface area (Å²) in [5.74, 6) is -1.16. The molecule has 1 aromatic rings. The van der Waals surface area contributed by atoms with Crippen molar-refractivity contribution in [1.82, 2.24) is 5.43 Å². The van der Waals surface area contributed by atoms with E-state index in [1.165, 1.54) is 24.3 Å². The average Bonchev–Trinajstić information content (AvgIpc) is 2.68. The number of rotatable bonds is 2. The van der Waals surface area contributed by atoms with Crippen LogP contribution in [0.15, 0.2) is 29.4 Å². The minimum Gasteiger partial charge on any atom is -0.321 e. The predicted molar refractivity (Wildman–Crippen MR) is 55.2 cm³/mol. The van der Waals surface area contributed by atoms with E-state index in [9.17, 15) is 14.0 Å². The van der Waals surface area contributed by atoms with Gasteiger partial charge in [0, 0.05) is 5.69 Å². The SMILES string of the molecule is O=C1CC(C(=O)Nc2ccc(F)cc2)=NN1. The van der Waals surface area contributed by atoms with Crippen molar-refractivity contribution in [3.05, 3.63) is 30.1 Å². The maximum Gasteiger partial charge on any atom is 0.272 e. The van der Waals surface area contributed by atoms with Crippen molar-refractivity contribution >= 4 is 23.2 Å². The van der Waals surface area contributed by atoms with Gasteiger partial charge in [-0.1, -0.05) is 0 Å². The van der Waals surface area contributed by atoms with Crippen LogP contribution in [0.5, 0.6) is 0 Å². The fourth-order valence-corrected chi connectivity index (χ4v) is 1.23. The first-order valence-electron chi connectivity index (χ1n) is 4.57. The highest BCUT2D eigenvalue weighted by Crippen LogP contribution is 2.09. The Morgan fingerprint density at radius 1 is 1.38 bits per heavy atom. The molecule has 0 aliphatic carbocycles. The number of hydrogen-bond acceptors (Lipinski definition) is 3. The van der Waals surface area contributed by atoms with Crippen LogP contribution >= 0.6 is 0 Å². The summed E-state index contributed by atoms with van der Waals surface area (Å²) in [6, 6.07) is 5.32. The van der Waals surface area contributed by atoms with Crippen LogP contribution in [0, 0.1) is 5.82 Å².